The number of benzene rings is 1. The standard InChI is InChI=1S/C18H20N2O2S/c1-13-9-20(11-18(22-13)16-6-7-23-12-16)10-17(21)15-4-2-14(8-19)3-5-15/h2-7,12-13,17-18,21H,9-11H2,1H3. The Balaban J connectivity index is 1.65. The number of ether oxygens (including phenoxy) is 1. The number of β-amino-alcohol motifs (C(OH)–C–C–N with tert-alkyl or cyclic N) is 1. The van der Waals surface area contributed by atoms with Gasteiger partial charge < -0.3 is 9.84 Å². The Hall–Kier alpha value is -1.71. The maximum atomic E-state index is 10.5. The lowest BCUT2D eigenvalue weighted by molar-refractivity contribution is -0.0868. The summed E-state index contributed by atoms with van der Waals surface area (Å²) in [6.07, 6.45) is -0.351. The molecular weight excluding hydrogens is 308 g/mol. The van der Waals surface area contributed by atoms with Gasteiger partial charge in [-0.3, -0.25) is 4.90 Å². The average molecular weight is 328 g/mol. The third kappa shape index (κ3) is 3.98. The smallest absolute Gasteiger partial charge is 0.0991 e. The fourth-order valence-electron chi connectivity index (χ4n) is 2.96. The van der Waals surface area contributed by atoms with Crippen LogP contribution in [0.5, 0.6) is 0 Å². The van der Waals surface area contributed by atoms with E-state index in [-0.39, 0.29) is 12.2 Å². The highest BCUT2D eigenvalue weighted by Crippen LogP contribution is 2.28. The van der Waals surface area contributed by atoms with Gasteiger partial charge in [0.15, 0.2) is 0 Å². The molecule has 0 amide bonds. The van der Waals surface area contributed by atoms with Crippen LogP contribution in [-0.4, -0.2) is 35.7 Å². The van der Waals surface area contributed by atoms with Gasteiger partial charge in [-0.05, 0) is 47.0 Å². The van der Waals surface area contributed by atoms with Gasteiger partial charge in [0.05, 0.1) is 29.9 Å². The van der Waals surface area contributed by atoms with E-state index in [9.17, 15) is 5.11 Å². The maximum Gasteiger partial charge on any atom is 0.0991 e. The van der Waals surface area contributed by atoms with E-state index in [1.807, 2.05) is 12.1 Å². The van der Waals surface area contributed by atoms with Gasteiger partial charge in [0, 0.05) is 19.6 Å². The van der Waals surface area contributed by atoms with E-state index in [1.165, 1.54) is 5.56 Å². The molecule has 0 saturated carbocycles. The zero-order valence-electron chi connectivity index (χ0n) is 13.1. The average Bonchev–Trinajstić information content (AvgIpc) is 3.09. The highest BCUT2D eigenvalue weighted by Gasteiger charge is 2.28. The summed E-state index contributed by atoms with van der Waals surface area (Å²) in [5.41, 5.74) is 2.66. The van der Waals surface area contributed by atoms with Crippen LogP contribution < -0.4 is 0 Å². The minimum Gasteiger partial charge on any atom is -0.387 e. The maximum absolute atomic E-state index is 10.5. The Morgan fingerprint density at radius 1 is 1.35 bits per heavy atom. The minimum absolute atomic E-state index is 0.0677. The first-order valence-corrected chi connectivity index (χ1v) is 8.68. The number of nitriles is 1. The summed E-state index contributed by atoms with van der Waals surface area (Å²) in [5, 5.41) is 23.5. The molecule has 0 bridgehead atoms. The molecule has 3 rings (SSSR count). The summed E-state index contributed by atoms with van der Waals surface area (Å²) in [4.78, 5) is 2.25. The normalized spacial score (nSPS) is 23.3. The van der Waals surface area contributed by atoms with Crippen LogP contribution in [0, 0.1) is 11.3 Å². The van der Waals surface area contributed by atoms with Gasteiger partial charge in [0.2, 0.25) is 0 Å². The topological polar surface area (TPSA) is 56.5 Å². The highest BCUT2D eigenvalue weighted by molar-refractivity contribution is 7.07. The fraction of sp³-hybridized carbons (Fsp3) is 0.389. The van der Waals surface area contributed by atoms with E-state index in [2.05, 4.69) is 34.7 Å². The quantitative estimate of drug-likeness (QED) is 0.937. The molecule has 2 aromatic rings. The summed E-state index contributed by atoms with van der Waals surface area (Å²) in [6.45, 7) is 4.24. The summed E-state index contributed by atoms with van der Waals surface area (Å²) in [6, 6.07) is 11.3. The predicted molar refractivity (Wildman–Crippen MR) is 90.2 cm³/mol. The molecule has 3 unspecified atom stereocenters. The van der Waals surface area contributed by atoms with Crippen molar-refractivity contribution < 1.29 is 9.84 Å². The van der Waals surface area contributed by atoms with Gasteiger partial charge in [-0.15, -0.1) is 0 Å². The Morgan fingerprint density at radius 2 is 2.13 bits per heavy atom. The first-order valence-electron chi connectivity index (χ1n) is 7.73. The van der Waals surface area contributed by atoms with Crippen LogP contribution in [-0.2, 0) is 4.74 Å². The molecule has 5 heteroatoms. The van der Waals surface area contributed by atoms with Crippen LogP contribution >= 0.6 is 11.3 Å². The van der Waals surface area contributed by atoms with E-state index in [1.54, 1.807) is 23.5 Å². The number of aliphatic hydroxyl groups is 1. The van der Waals surface area contributed by atoms with Crippen molar-refractivity contribution in [1.82, 2.24) is 4.90 Å². The lowest BCUT2D eigenvalue weighted by Gasteiger charge is -2.37. The van der Waals surface area contributed by atoms with Gasteiger partial charge in [-0.2, -0.15) is 16.6 Å². The van der Waals surface area contributed by atoms with Crippen molar-refractivity contribution in [3.05, 3.63) is 57.8 Å². The number of thiophene rings is 1. The molecule has 1 aliphatic rings. The van der Waals surface area contributed by atoms with E-state index >= 15 is 0 Å². The van der Waals surface area contributed by atoms with Crippen LogP contribution in [0.15, 0.2) is 41.1 Å². The Kier molecular flexibility index (Phi) is 5.09. The molecule has 1 aromatic carbocycles. The van der Waals surface area contributed by atoms with Crippen LogP contribution in [0.1, 0.15) is 35.8 Å². The number of hydrogen-bond acceptors (Lipinski definition) is 5. The van der Waals surface area contributed by atoms with Gasteiger partial charge in [0.1, 0.15) is 0 Å². The zero-order chi connectivity index (χ0) is 16.2. The monoisotopic (exact) mass is 328 g/mol. The molecule has 3 atom stereocenters. The second-order valence-corrected chi connectivity index (χ2v) is 6.74. The molecule has 1 aliphatic heterocycles. The fourth-order valence-corrected chi connectivity index (χ4v) is 3.66. The van der Waals surface area contributed by atoms with E-state index in [4.69, 9.17) is 10.00 Å². The van der Waals surface area contributed by atoms with Crippen LogP contribution in [0.4, 0.5) is 0 Å². The zero-order valence-corrected chi connectivity index (χ0v) is 13.9. The van der Waals surface area contributed by atoms with Gasteiger partial charge in [0.25, 0.3) is 0 Å². The largest absolute Gasteiger partial charge is 0.387 e. The second-order valence-electron chi connectivity index (χ2n) is 5.96. The number of morpholine rings is 1. The van der Waals surface area contributed by atoms with Crippen LogP contribution in [0.25, 0.3) is 0 Å². The van der Waals surface area contributed by atoms with Gasteiger partial charge in [-0.1, -0.05) is 12.1 Å². The van der Waals surface area contributed by atoms with Crippen molar-refractivity contribution in [2.75, 3.05) is 19.6 Å². The molecule has 1 saturated heterocycles. The van der Waals surface area contributed by atoms with Crippen molar-refractivity contribution >= 4 is 11.3 Å². The number of nitrogens with zero attached hydrogens (tertiary/aromatic N) is 2. The predicted octanol–water partition coefficient (Wildman–Crippen LogP) is 3.12. The summed E-state index contributed by atoms with van der Waals surface area (Å²) < 4.78 is 6.03. The van der Waals surface area contributed by atoms with Crippen molar-refractivity contribution in [2.45, 2.75) is 25.2 Å². The molecule has 1 fully saturated rings. The van der Waals surface area contributed by atoms with E-state index in [0.29, 0.717) is 12.1 Å². The first kappa shape index (κ1) is 16.2. The van der Waals surface area contributed by atoms with Gasteiger partial charge >= 0.3 is 0 Å². The molecule has 2 heterocycles. The summed E-state index contributed by atoms with van der Waals surface area (Å²) in [7, 11) is 0. The third-order valence-corrected chi connectivity index (χ3v) is 4.81. The molecule has 4 nitrogen and oxygen atoms in total. The molecule has 0 aliphatic carbocycles. The highest BCUT2D eigenvalue weighted by atomic mass is 32.1. The lowest BCUT2D eigenvalue weighted by Crippen LogP contribution is -2.44. The minimum atomic E-state index is -0.559. The Bertz CT molecular complexity index is 663. The second kappa shape index (κ2) is 7.24. The molecular formula is C18H20N2O2S. The Labute approximate surface area is 140 Å². The van der Waals surface area contributed by atoms with E-state index in [0.717, 1.165) is 18.7 Å². The van der Waals surface area contributed by atoms with Crippen LogP contribution in [0.2, 0.25) is 0 Å². The van der Waals surface area contributed by atoms with Gasteiger partial charge in [-0.25, -0.2) is 0 Å². The number of hydrogen-bond donors (Lipinski definition) is 1. The number of rotatable bonds is 4. The number of aliphatic hydroxyl groups excluding tert-OH is 1. The molecule has 0 spiro atoms. The van der Waals surface area contributed by atoms with Crippen molar-refractivity contribution in [3.63, 3.8) is 0 Å². The van der Waals surface area contributed by atoms with Crippen LogP contribution in [0.3, 0.4) is 0 Å². The van der Waals surface area contributed by atoms with Crippen molar-refractivity contribution in [1.29, 1.82) is 5.26 Å². The summed E-state index contributed by atoms with van der Waals surface area (Å²) in [5.74, 6) is 0. The van der Waals surface area contributed by atoms with Crippen molar-refractivity contribution in [2.24, 2.45) is 0 Å². The first-order chi connectivity index (χ1) is 11.2. The molecule has 1 aromatic heterocycles. The molecule has 0 radical (unpaired) electrons. The summed E-state index contributed by atoms with van der Waals surface area (Å²) >= 11 is 1.68. The lowest BCUT2D eigenvalue weighted by atomic mass is 10.1. The van der Waals surface area contributed by atoms with Crippen molar-refractivity contribution in [3.8, 4) is 6.07 Å². The van der Waals surface area contributed by atoms with E-state index < -0.39 is 6.10 Å². The third-order valence-electron chi connectivity index (χ3n) is 4.11. The molecule has 1 N–H and O–H groups in total. The molecule has 120 valence electrons. The Morgan fingerprint density at radius 3 is 2.78 bits per heavy atom. The molecule has 23 heavy (non-hydrogen) atoms. The SMILES string of the molecule is CC1CN(CC(O)c2ccc(C#N)cc2)CC(c2ccsc2)O1.